The first-order valence-corrected chi connectivity index (χ1v) is 7.40. The van der Waals surface area contributed by atoms with Crippen LogP contribution in [0, 0.1) is 11.6 Å². The Morgan fingerprint density at radius 2 is 1.77 bits per heavy atom. The average molecular weight is 309 g/mol. The van der Waals surface area contributed by atoms with E-state index < -0.39 is 0 Å². The molecule has 1 heterocycles. The molecule has 3 aromatic rings. The van der Waals surface area contributed by atoms with Crippen LogP contribution in [0.5, 0.6) is 0 Å². The van der Waals surface area contributed by atoms with Crippen LogP contribution in [0.1, 0.15) is 21.5 Å². The first-order chi connectivity index (χ1) is 10.7. The van der Waals surface area contributed by atoms with E-state index in [4.69, 9.17) is 17.0 Å². The van der Waals surface area contributed by atoms with Crippen LogP contribution in [0.4, 0.5) is 0 Å². The molecule has 110 valence electrons. The molecule has 0 fully saturated rings. The SMILES string of the molecule is Cc1c(C(=O)OCc2ccccc2)c2ccccc2[nH]c1=S. The summed E-state index contributed by atoms with van der Waals surface area (Å²) >= 11 is 5.30. The Kier molecular flexibility index (Phi) is 4.02. The molecule has 22 heavy (non-hydrogen) atoms. The number of hydrogen-bond acceptors (Lipinski definition) is 3. The fourth-order valence-corrected chi connectivity index (χ4v) is 2.61. The topological polar surface area (TPSA) is 42.1 Å². The molecule has 0 atom stereocenters. The van der Waals surface area contributed by atoms with Gasteiger partial charge in [0.2, 0.25) is 0 Å². The van der Waals surface area contributed by atoms with E-state index >= 15 is 0 Å². The van der Waals surface area contributed by atoms with Crippen LogP contribution in [0.25, 0.3) is 10.9 Å². The largest absolute Gasteiger partial charge is 0.457 e. The highest BCUT2D eigenvalue weighted by Gasteiger charge is 2.16. The van der Waals surface area contributed by atoms with Gasteiger partial charge in [-0.15, -0.1) is 0 Å². The number of benzene rings is 2. The number of fused-ring (bicyclic) bond motifs is 1. The molecule has 0 amide bonds. The molecule has 0 spiro atoms. The highest BCUT2D eigenvalue weighted by molar-refractivity contribution is 7.71. The summed E-state index contributed by atoms with van der Waals surface area (Å²) in [5.41, 5.74) is 3.07. The quantitative estimate of drug-likeness (QED) is 0.569. The second-order valence-electron chi connectivity index (χ2n) is 5.06. The van der Waals surface area contributed by atoms with Crippen molar-refractivity contribution >= 4 is 29.1 Å². The minimum Gasteiger partial charge on any atom is -0.457 e. The van der Waals surface area contributed by atoms with Crippen LogP contribution in [0.3, 0.4) is 0 Å². The van der Waals surface area contributed by atoms with Gasteiger partial charge in [-0.3, -0.25) is 0 Å². The van der Waals surface area contributed by atoms with Crippen LogP contribution in [-0.2, 0) is 11.3 Å². The summed E-state index contributed by atoms with van der Waals surface area (Å²) in [6, 6.07) is 17.2. The number of aromatic nitrogens is 1. The number of para-hydroxylation sites is 1. The van der Waals surface area contributed by atoms with Gasteiger partial charge in [-0.05, 0) is 24.1 Å². The third kappa shape index (κ3) is 2.78. The Morgan fingerprint density at radius 3 is 2.55 bits per heavy atom. The van der Waals surface area contributed by atoms with E-state index in [2.05, 4.69) is 4.98 Å². The first-order valence-electron chi connectivity index (χ1n) is 6.99. The lowest BCUT2D eigenvalue weighted by Gasteiger charge is -2.11. The normalized spacial score (nSPS) is 10.6. The number of aromatic amines is 1. The Bertz CT molecular complexity index is 884. The van der Waals surface area contributed by atoms with Crippen molar-refractivity contribution in [3.63, 3.8) is 0 Å². The maximum absolute atomic E-state index is 12.5. The van der Waals surface area contributed by atoms with Gasteiger partial charge in [0.25, 0.3) is 0 Å². The molecule has 0 radical (unpaired) electrons. The number of rotatable bonds is 3. The lowest BCUT2D eigenvalue weighted by Crippen LogP contribution is -2.09. The van der Waals surface area contributed by atoms with Gasteiger partial charge < -0.3 is 9.72 Å². The Labute approximate surface area is 133 Å². The molecule has 3 rings (SSSR count). The van der Waals surface area contributed by atoms with E-state index in [9.17, 15) is 4.79 Å². The molecule has 0 saturated carbocycles. The van der Waals surface area contributed by atoms with Gasteiger partial charge in [-0.25, -0.2) is 4.79 Å². The lowest BCUT2D eigenvalue weighted by molar-refractivity contribution is 0.0474. The van der Waals surface area contributed by atoms with E-state index in [-0.39, 0.29) is 12.6 Å². The fourth-order valence-electron chi connectivity index (χ4n) is 2.40. The number of esters is 1. The molecule has 1 aromatic heterocycles. The summed E-state index contributed by atoms with van der Waals surface area (Å²) in [5, 5.41) is 0.826. The Morgan fingerprint density at radius 1 is 1.09 bits per heavy atom. The van der Waals surface area contributed by atoms with Crippen LogP contribution in [-0.4, -0.2) is 11.0 Å². The molecule has 2 aromatic carbocycles. The van der Waals surface area contributed by atoms with Crippen molar-refractivity contribution < 1.29 is 9.53 Å². The van der Waals surface area contributed by atoms with E-state index in [0.717, 1.165) is 22.0 Å². The van der Waals surface area contributed by atoms with E-state index in [1.165, 1.54) is 0 Å². The molecule has 0 aliphatic rings. The zero-order valence-corrected chi connectivity index (χ0v) is 12.9. The van der Waals surface area contributed by atoms with Gasteiger partial charge >= 0.3 is 5.97 Å². The van der Waals surface area contributed by atoms with E-state index in [1.807, 2.05) is 61.5 Å². The summed E-state index contributed by atoms with van der Waals surface area (Å²) in [6.45, 7) is 2.09. The molecule has 0 aliphatic carbocycles. The maximum Gasteiger partial charge on any atom is 0.339 e. The summed E-state index contributed by atoms with van der Waals surface area (Å²) in [6.07, 6.45) is 0. The number of hydrogen-bond donors (Lipinski definition) is 1. The molecule has 0 saturated heterocycles. The first kappa shape index (κ1) is 14.5. The van der Waals surface area contributed by atoms with Gasteiger partial charge in [0.1, 0.15) is 11.2 Å². The monoisotopic (exact) mass is 309 g/mol. The molecule has 0 unspecified atom stereocenters. The molecule has 4 heteroatoms. The van der Waals surface area contributed by atoms with Crippen LogP contribution >= 0.6 is 12.2 Å². The number of carbonyl (C=O) groups excluding carboxylic acids is 1. The maximum atomic E-state index is 12.5. The predicted octanol–water partition coefficient (Wildman–Crippen LogP) is 4.56. The molecule has 3 nitrogen and oxygen atoms in total. The fraction of sp³-hybridized carbons (Fsp3) is 0.111. The molecular formula is C18H15NO2S. The third-order valence-electron chi connectivity index (χ3n) is 3.58. The number of nitrogens with one attached hydrogen (secondary N) is 1. The van der Waals surface area contributed by atoms with Gasteiger partial charge in [0.05, 0.1) is 5.56 Å². The number of pyridine rings is 1. The minimum atomic E-state index is -0.349. The summed E-state index contributed by atoms with van der Waals surface area (Å²) in [5.74, 6) is -0.349. The van der Waals surface area contributed by atoms with Gasteiger partial charge in [-0.1, -0.05) is 60.7 Å². The Hall–Kier alpha value is -2.46. The van der Waals surface area contributed by atoms with Gasteiger partial charge in [0.15, 0.2) is 0 Å². The Balaban J connectivity index is 1.97. The van der Waals surface area contributed by atoms with Crippen molar-refractivity contribution in [2.24, 2.45) is 0 Å². The highest BCUT2D eigenvalue weighted by atomic mass is 32.1. The molecule has 0 aliphatic heterocycles. The van der Waals surface area contributed by atoms with Gasteiger partial charge in [-0.2, -0.15) is 0 Å². The van der Waals surface area contributed by atoms with Crippen LogP contribution in [0.2, 0.25) is 0 Å². The molecular weight excluding hydrogens is 294 g/mol. The van der Waals surface area contributed by atoms with Crippen molar-refractivity contribution in [3.8, 4) is 0 Å². The summed E-state index contributed by atoms with van der Waals surface area (Å²) in [7, 11) is 0. The zero-order valence-electron chi connectivity index (χ0n) is 12.1. The second kappa shape index (κ2) is 6.12. The predicted molar refractivity (Wildman–Crippen MR) is 89.4 cm³/mol. The van der Waals surface area contributed by atoms with Gasteiger partial charge in [0, 0.05) is 10.9 Å². The lowest BCUT2D eigenvalue weighted by atomic mass is 10.0. The van der Waals surface area contributed by atoms with Crippen molar-refractivity contribution in [1.82, 2.24) is 4.98 Å². The van der Waals surface area contributed by atoms with Crippen molar-refractivity contribution in [2.45, 2.75) is 13.5 Å². The van der Waals surface area contributed by atoms with E-state index in [1.54, 1.807) is 0 Å². The third-order valence-corrected chi connectivity index (χ3v) is 3.99. The number of ether oxygens (including phenoxy) is 1. The molecule has 1 N–H and O–H groups in total. The summed E-state index contributed by atoms with van der Waals surface area (Å²) < 4.78 is 6.02. The zero-order chi connectivity index (χ0) is 15.5. The number of carbonyl (C=O) groups is 1. The smallest absolute Gasteiger partial charge is 0.339 e. The molecule has 0 bridgehead atoms. The van der Waals surface area contributed by atoms with Crippen molar-refractivity contribution in [2.75, 3.05) is 0 Å². The van der Waals surface area contributed by atoms with Crippen molar-refractivity contribution in [1.29, 1.82) is 0 Å². The van der Waals surface area contributed by atoms with Crippen LogP contribution in [0.15, 0.2) is 54.6 Å². The van der Waals surface area contributed by atoms with Crippen LogP contribution < -0.4 is 0 Å². The number of H-pyrrole nitrogens is 1. The van der Waals surface area contributed by atoms with E-state index in [0.29, 0.717) is 10.2 Å². The summed E-state index contributed by atoms with van der Waals surface area (Å²) in [4.78, 5) is 15.7. The minimum absolute atomic E-state index is 0.249. The average Bonchev–Trinajstić information content (AvgIpc) is 2.55. The second-order valence-corrected chi connectivity index (χ2v) is 5.47. The standard InChI is InChI=1S/C18H15NO2S/c1-12-16(14-9-5-6-10-15(14)19-17(12)22)18(20)21-11-13-7-3-2-4-8-13/h2-10H,11H2,1H3,(H,19,22). The van der Waals surface area contributed by atoms with Crippen molar-refractivity contribution in [3.05, 3.63) is 75.9 Å². The highest BCUT2D eigenvalue weighted by Crippen LogP contribution is 2.22.